The topological polar surface area (TPSA) is 33.5 Å². The zero-order valence-corrected chi connectivity index (χ0v) is 10.2. The lowest BCUT2D eigenvalue weighted by Gasteiger charge is -2.19. The van der Waals surface area contributed by atoms with Crippen LogP contribution in [0.4, 0.5) is 0 Å². The average molecular weight is 250 g/mol. The van der Waals surface area contributed by atoms with Gasteiger partial charge >= 0.3 is 0 Å². The smallest absolute Gasteiger partial charge is 0.185 e. The van der Waals surface area contributed by atoms with Gasteiger partial charge in [0.15, 0.2) is 12.0 Å². The molecule has 0 spiro atoms. The Balaban J connectivity index is 2.40. The van der Waals surface area contributed by atoms with Crippen molar-refractivity contribution in [1.82, 2.24) is 4.90 Å². The molecule has 0 saturated carbocycles. The summed E-state index contributed by atoms with van der Waals surface area (Å²) in [5.74, 6) is 0.348. The van der Waals surface area contributed by atoms with Crippen LogP contribution in [0.3, 0.4) is 0 Å². The predicted molar refractivity (Wildman–Crippen MR) is 66.5 cm³/mol. The highest BCUT2D eigenvalue weighted by atomic mass is 35.5. The monoisotopic (exact) mass is 249 g/mol. The van der Waals surface area contributed by atoms with Gasteiger partial charge in [0.05, 0.1) is 0 Å². The second-order valence-corrected chi connectivity index (χ2v) is 4.77. The molecule has 3 nitrogen and oxygen atoms in total. The average Bonchev–Trinajstić information content (AvgIpc) is 2.67. The van der Waals surface area contributed by atoms with Crippen LogP contribution in [0.5, 0.6) is 0 Å². The molecule has 0 bridgehead atoms. The Kier molecular flexibility index (Phi) is 2.45. The highest BCUT2D eigenvalue weighted by Gasteiger charge is 2.28. The van der Waals surface area contributed by atoms with E-state index in [-0.39, 0.29) is 5.50 Å². The SMILES string of the molecule is CN1CCc2cccc3oc(C=O)c(c23)C1Cl. The molecule has 3 rings (SSSR count). The highest BCUT2D eigenvalue weighted by molar-refractivity contribution is 6.22. The number of benzene rings is 1. The number of furan rings is 1. The van der Waals surface area contributed by atoms with Crippen molar-refractivity contribution in [3.63, 3.8) is 0 Å². The Morgan fingerprint density at radius 1 is 1.53 bits per heavy atom. The number of alkyl halides is 1. The van der Waals surface area contributed by atoms with Crippen LogP contribution in [-0.4, -0.2) is 24.8 Å². The van der Waals surface area contributed by atoms with Crippen molar-refractivity contribution in [3.05, 3.63) is 35.1 Å². The van der Waals surface area contributed by atoms with E-state index in [2.05, 4.69) is 6.07 Å². The molecule has 0 aliphatic carbocycles. The lowest BCUT2D eigenvalue weighted by molar-refractivity contribution is 0.110. The van der Waals surface area contributed by atoms with Gasteiger partial charge in [0.25, 0.3) is 0 Å². The Hall–Kier alpha value is -1.32. The number of carbonyl (C=O) groups is 1. The number of likely N-dealkylation sites (N-methyl/N-ethyl adjacent to an activating group) is 1. The van der Waals surface area contributed by atoms with E-state index >= 15 is 0 Å². The van der Waals surface area contributed by atoms with Crippen molar-refractivity contribution in [1.29, 1.82) is 0 Å². The molecule has 1 aliphatic heterocycles. The van der Waals surface area contributed by atoms with Crippen molar-refractivity contribution in [2.75, 3.05) is 13.6 Å². The fraction of sp³-hybridized carbons (Fsp3) is 0.308. The van der Waals surface area contributed by atoms with Gasteiger partial charge in [-0.25, -0.2) is 0 Å². The van der Waals surface area contributed by atoms with Crippen molar-refractivity contribution < 1.29 is 9.21 Å². The molecule has 4 heteroatoms. The summed E-state index contributed by atoms with van der Waals surface area (Å²) in [7, 11) is 1.96. The van der Waals surface area contributed by atoms with Gasteiger partial charge in [-0.05, 0) is 25.1 Å². The molecule has 1 aromatic carbocycles. The maximum absolute atomic E-state index is 11.1. The number of nitrogens with zero attached hydrogens (tertiary/aromatic N) is 1. The Morgan fingerprint density at radius 3 is 3.12 bits per heavy atom. The zero-order valence-electron chi connectivity index (χ0n) is 9.44. The van der Waals surface area contributed by atoms with Gasteiger partial charge in [0.2, 0.25) is 0 Å². The Morgan fingerprint density at radius 2 is 2.35 bits per heavy atom. The van der Waals surface area contributed by atoms with Gasteiger partial charge in [0, 0.05) is 17.5 Å². The van der Waals surface area contributed by atoms with Gasteiger partial charge in [-0.1, -0.05) is 12.1 Å². The van der Waals surface area contributed by atoms with Crippen LogP contribution in [0, 0.1) is 0 Å². The van der Waals surface area contributed by atoms with E-state index in [1.807, 2.05) is 24.1 Å². The van der Waals surface area contributed by atoms with E-state index in [0.717, 1.165) is 35.8 Å². The van der Waals surface area contributed by atoms with Crippen LogP contribution in [0.2, 0.25) is 0 Å². The molecule has 1 aliphatic rings. The molecule has 1 atom stereocenters. The first kappa shape index (κ1) is 10.8. The molecule has 2 heterocycles. The predicted octanol–water partition coefficient (Wildman–Crippen LogP) is 2.97. The molecule has 0 N–H and O–H groups in total. The summed E-state index contributed by atoms with van der Waals surface area (Å²) in [5.41, 5.74) is 2.46. The van der Waals surface area contributed by atoms with Crippen LogP contribution >= 0.6 is 11.6 Å². The third kappa shape index (κ3) is 1.50. The van der Waals surface area contributed by atoms with Crippen LogP contribution in [0.1, 0.15) is 27.2 Å². The van der Waals surface area contributed by atoms with Gasteiger partial charge in [-0.2, -0.15) is 0 Å². The van der Waals surface area contributed by atoms with E-state index in [0.29, 0.717) is 5.76 Å². The van der Waals surface area contributed by atoms with Crippen LogP contribution in [0.25, 0.3) is 11.0 Å². The number of carbonyl (C=O) groups excluding carboxylic acids is 1. The van der Waals surface area contributed by atoms with Crippen LogP contribution < -0.4 is 0 Å². The van der Waals surface area contributed by atoms with Gasteiger partial charge in [-0.3, -0.25) is 9.69 Å². The molecule has 17 heavy (non-hydrogen) atoms. The third-order valence-electron chi connectivity index (χ3n) is 3.33. The molecule has 88 valence electrons. The zero-order chi connectivity index (χ0) is 12.0. The first-order valence-corrected chi connectivity index (χ1v) is 6.00. The molecule has 2 aromatic rings. The highest BCUT2D eigenvalue weighted by Crippen LogP contribution is 2.39. The Labute approximate surface area is 104 Å². The summed E-state index contributed by atoms with van der Waals surface area (Å²) in [5, 5.41) is 1.01. The molecular formula is C13H12ClNO2. The summed E-state index contributed by atoms with van der Waals surface area (Å²) >= 11 is 6.40. The fourth-order valence-corrected chi connectivity index (χ4v) is 2.74. The maximum atomic E-state index is 11.1. The molecule has 0 fully saturated rings. The van der Waals surface area contributed by atoms with Gasteiger partial charge in [-0.15, -0.1) is 11.6 Å². The second kappa shape index (κ2) is 3.86. The summed E-state index contributed by atoms with van der Waals surface area (Å²) in [6, 6.07) is 5.90. The van der Waals surface area contributed by atoms with Crippen molar-refractivity contribution >= 4 is 28.9 Å². The van der Waals surface area contributed by atoms with E-state index in [9.17, 15) is 4.79 Å². The van der Waals surface area contributed by atoms with Crippen molar-refractivity contribution in [3.8, 4) is 0 Å². The quantitative estimate of drug-likeness (QED) is 0.443. The van der Waals surface area contributed by atoms with E-state index < -0.39 is 0 Å². The van der Waals surface area contributed by atoms with E-state index in [4.69, 9.17) is 16.0 Å². The fourth-order valence-electron chi connectivity index (χ4n) is 2.43. The first-order valence-electron chi connectivity index (χ1n) is 5.56. The summed E-state index contributed by atoms with van der Waals surface area (Å²) in [6.45, 7) is 0.875. The molecule has 1 aromatic heterocycles. The summed E-state index contributed by atoms with van der Waals surface area (Å²) in [6.07, 6.45) is 1.66. The molecule has 0 saturated heterocycles. The number of aldehydes is 1. The molecule has 1 unspecified atom stereocenters. The Bertz CT molecular complexity index is 590. The second-order valence-electron chi connectivity index (χ2n) is 4.35. The number of halogens is 1. The largest absolute Gasteiger partial charge is 0.453 e. The van der Waals surface area contributed by atoms with Crippen molar-refractivity contribution in [2.45, 2.75) is 11.9 Å². The van der Waals surface area contributed by atoms with E-state index in [1.54, 1.807) is 0 Å². The first-order chi connectivity index (χ1) is 8.22. The number of hydrogen-bond acceptors (Lipinski definition) is 3. The minimum absolute atomic E-state index is 0.305. The minimum atomic E-state index is -0.305. The maximum Gasteiger partial charge on any atom is 0.185 e. The lowest BCUT2D eigenvalue weighted by Crippen LogP contribution is -2.21. The lowest BCUT2D eigenvalue weighted by atomic mass is 10.0. The van der Waals surface area contributed by atoms with E-state index in [1.165, 1.54) is 5.56 Å². The third-order valence-corrected chi connectivity index (χ3v) is 3.88. The number of hydrogen-bond donors (Lipinski definition) is 0. The van der Waals surface area contributed by atoms with Crippen LogP contribution in [-0.2, 0) is 6.42 Å². The normalized spacial score (nSPS) is 20.5. The standard InChI is InChI=1S/C13H12ClNO2/c1-15-6-5-8-3-2-4-9-11(8)12(13(15)14)10(7-16)17-9/h2-4,7,13H,5-6H2,1H3. The molecule has 0 amide bonds. The summed E-state index contributed by atoms with van der Waals surface area (Å²) in [4.78, 5) is 13.1. The molecular weight excluding hydrogens is 238 g/mol. The van der Waals surface area contributed by atoms with Gasteiger partial charge < -0.3 is 4.42 Å². The van der Waals surface area contributed by atoms with Crippen LogP contribution in [0.15, 0.2) is 22.6 Å². The summed E-state index contributed by atoms with van der Waals surface area (Å²) < 4.78 is 5.56. The number of rotatable bonds is 1. The van der Waals surface area contributed by atoms with Gasteiger partial charge in [0.1, 0.15) is 11.1 Å². The minimum Gasteiger partial charge on any atom is -0.453 e. The molecule has 0 radical (unpaired) electrons. The van der Waals surface area contributed by atoms with Crippen molar-refractivity contribution in [2.24, 2.45) is 0 Å².